The van der Waals surface area contributed by atoms with Gasteiger partial charge in [0.2, 0.25) is 0 Å². The second kappa shape index (κ2) is 12.4. The number of hydrogen-bond donors (Lipinski definition) is 2. The number of H-pyrrole nitrogens is 1. The summed E-state index contributed by atoms with van der Waals surface area (Å²) in [5.74, 6) is 2.15. The van der Waals surface area contributed by atoms with E-state index < -0.39 is 6.10 Å². The number of nitrogens with one attached hydrogen (secondary N) is 2. The molecule has 0 aliphatic carbocycles. The molecule has 8 nitrogen and oxygen atoms in total. The normalized spacial score (nSPS) is 12.5. The first-order valence-corrected chi connectivity index (χ1v) is 13.8. The van der Waals surface area contributed by atoms with E-state index in [1.807, 2.05) is 50.2 Å². The molecule has 0 aliphatic rings. The number of carbonyl (C=O) groups is 1. The quantitative estimate of drug-likeness (QED) is 0.202. The summed E-state index contributed by atoms with van der Waals surface area (Å²) in [4.78, 5) is 17.7. The Balaban J connectivity index is 1.26. The van der Waals surface area contributed by atoms with Crippen LogP contribution in [-0.2, 0) is 16.6 Å². The van der Waals surface area contributed by atoms with Gasteiger partial charge in [0, 0.05) is 29.3 Å². The van der Waals surface area contributed by atoms with Gasteiger partial charge in [-0.2, -0.15) is 4.63 Å². The molecule has 0 spiro atoms. The molecule has 1 atom stereocenters. The zero-order valence-corrected chi connectivity index (χ0v) is 24.0. The zero-order chi connectivity index (χ0) is 28.0. The number of rotatable bonds is 12. The predicted molar refractivity (Wildman–Crippen MR) is 155 cm³/mol. The van der Waals surface area contributed by atoms with Crippen LogP contribution in [0.4, 0.5) is 5.69 Å². The first kappa shape index (κ1) is 28.2. The van der Waals surface area contributed by atoms with Gasteiger partial charge in [0.15, 0.2) is 17.6 Å². The Labute approximate surface area is 231 Å². The van der Waals surface area contributed by atoms with E-state index in [0.717, 1.165) is 59.9 Å². The van der Waals surface area contributed by atoms with Crippen LogP contribution in [0.3, 0.4) is 0 Å². The highest BCUT2D eigenvalue weighted by Crippen LogP contribution is 2.24. The minimum absolute atomic E-state index is 0.0276. The lowest BCUT2D eigenvalue weighted by atomic mass is 9.93. The van der Waals surface area contributed by atoms with Crippen LogP contribution in [0, 0.1) is 13.8 Å². The average molecular weight is 532 g/mol. The van der Waals surface area contributed by atoms with E-state index in [1.165, 1.54) is 5.56 Å². The summed E-state index contributed by atoms with van der Waals surface area (Å²) in [5.41, 5.74) is 4.89. The fourth-order valence-corrected chi connectivity index (χ4v) is 4.31. The van der Waals surface area contributed by atoms with Gasteiger partial charge in [0.05, 0.1) is 6.61 Å². The third-order valence-electron chi connectivity index (χ3n) is 6.63. The first-order chi connectivity index (χ1) is 18.6. The van der Waals surface area contributed by atoms with Crippen LogP contribution in [0.2, 0.25) is 0 Å². The summed E-state index contributed by atoms with van der Waals surface area (Å²) >= 11 is 0. The lowest BCUT2D eigenvalue weighted by Crippen LogP contribution is -2.33. The number of aromatic amines is 1. The smallest absolute Gasteiger partial charge is 0.265 e. The van der Waals surface area contributed by atoms with Gasteiger partial charge in [-0.25, -0.2) is 4.98 Å². The molecule has 2 N–H and O–H groups in total. The van der Waals surface area contributed by atoms with E-state index in [2.05, 4.69) is 60.3 Å². The van der Waals surface area contributed by atoms with Gasteiger partial charge in [-0.15, -0.1) is 5.10 Å². The number of aryl methyl sites for hydroxylation is 3. The monoisotopic (exact) mass is 531 g/mol. The lowest BCUT2D eigenvalue weighted by Gasteiger charge is -2.20. The number of ether oxygens (including phenoxy) is 2. The van der Waals surface area contributed by atoms with Crippen molar-refractivity contribution >= 4 is 17.2 Å². The molecule has 2 aromatic heterocycles. The number of anilines is 1. The third kappa shape index (κ3) is 7.62. The molecule has 0 bridgehead atoms. The molecule has 0 aliphatic heterocycles. The summed E-state index contributed by atoms with van der Waals surface area (Å²) in [5, 5.41) is 10.8. The molecule has 39 heavy (non-hydrogen) atoms. The van der Waals surface area contributed by atoms with E-state index in [0.29, 0.717) is 18.7 Å². The predicted octanol–water partition coefficient (Wildman–Crippen LogP) is 6.56. The molecular weight excluding hydrogens is 490 g/mol. The molecular formula is C31H41N5O3. The van der Waals surface area contributed by atoms with E-state index >= 15 is 0 Å². The van der Waals surface area contributed by atoms with Crippen molar-refractivity contribution in [2.24, 2.45) is 0 Å². The molecule has 1 amide bonds. The van der Waals surface area contributed by atoms with Crippen molar-refractivity contribution in [1.29, 1.82) is 0 Å². The number of hydrogen-bond acceptors (Lipinski definition) is 5. The molecule has 2 heterocycles. The van der Waals surface area contributed by atoms with Crippen LogP contribution in [-0.4, -0.2) is 38.4 Å². The van der Waals surface area contributed by atoms with Crippen LogP contribution in [0.15, 0.2) is 48.5 Å². The Morgan fingerprint density at radius 2 is 1.85 bits per heavy atom. The van der Waals surface area contributed by atoms with Crippen molar-refractivity contribution in [3.63, 3.8) is 0 Å². The SMILES string of the molecule is CCCCC(Oc1ccc(C)cc1C)C(=O)Nc1ccc(OCCCc2nc3cc(C(C)(C)C)[nH]n3n2)cc1. The molecule has 0 saturated carbocycles. The Bertz CT molecular complexity index is 1350. The minimum Gasteiger partial charge on any atom is -0.494 e. The molecule has 0 radical (unpaired) electrons. The highest BCUT2D eigenvalue weighted by atomic mass is 16.5. The van der Waals surface area contributed by atoms with Gasteiger partial charge in [-0.1, -0.05) is 51.8 Å². The van der Waals surface area contributed by atoms with Crippen LogP contribution >= 0.6 is 0 Å². The second-order valence-electron chi connectivity index (χ2n) is 11.2. The van der Waals surface area contributed by atoms with Crippen LogP contribution < -0.4 is 14.8 Å². The van der Waals surface area contributed by atoms with Crippen LogP contribution in [0.1, 0.15) is 76.0 Å². The number of benzene rings is 2. The van der Waals surface area contributed by atoms with Crippen molar-refractivity contribution in [1.82, 2.24) is 19.8 Å². The highest BCUT2D eigenvalue weighted by Gasteiger charge is 2.21. The van der Waals surface area contributed by atoms with Gasteiger partial charge in [0.1, 0.15) is 11.5 Å². The minimum atomic E-state index is -0.550. The number of carbonyl (C=O) groups excluding carboxylic acids is 1. The molecule has 1 unspecified atom stereocenters. The Hall–Kier alpha value is -3.81. The van der Waals surface area contributed by atoms with Crippen molar-refractivity contribution in [3.8, 4) is 11.5 Å². The average Bonchev–Trinajstić information content (AvgIpc) is 3.46. The first-order valence-electron chi connectivity index (χ1n) is 13.8. The number of fused-ring (bicyclic) bond motifs is 1. The van der Waals surface area contributed by atoms with Gasteiger partial charge in [0.25, 0.3) is 5.91 Å². The standard InChI is InChI=1S/C31H41N5O3/c1-7-8-10-26(39-25-17-12-21(2)19-22(25)3)30(37)32-23-13-15-24(16-14-23)38-18-9-11-28-33-29-20-27(31(4,5)6)34-36(29)35-28/h12-17,19-20,26,34H,7-11,18H2,1-6H3,(H,32,37). The number of nitrogens with zero attached hydrogens (tertiary/aromatic N) is 3. The Morgan fingerprint density at radius 3 is 2.51 bits per heavy atom. The summed E-state index contributed by atoms with van der Waals surface area (Å²) < 4.78 is 13.8. The van der Waals surface area contributed by atoms with E-state index in [-0.39, 0.29) is 11.3 Å². The summed E-state index contributed by atoms with van der Waals surface area (Å²) in [6, 6.07) is 15.5. The van der Waals surface area contributed by atoms with Crippen molar-refractivity contribution < 1.29 is 14.3 Å². The molecule has 8 heteroatoms. The van der Waals surface area contributed by atoms with Crippen LogP contribution in [0.5, 0.6) is 11.5 Å². The third-order valence-corrected chi connectivity index (χ3v) is 6.63. The Morgan fingerprint density at radius 1 is 1.08 bits per heavy atom. The fraction of sp³-hybridized carbons (Fsp3) is 0.452. The van der Waals surface area contributed by atoms with Crippen LogP contribution in [0.25, 0.3) is 5.65 Å². The van der Waals surface area contributed by atoms with Gasteiger partial charge < -0.3 is 14.8 Å². The van der Waals surface area contributed by atoms with E-state index in [9.17, 15) is 4.79 Å². The van der Waals surface area contributed by atoms with E-state index in [4.69, 9.17) is 9.47 Å². The number of aromatic nitrogens is 4. The van der Waals surface area contributed by atoms with Crippen molar-refractivity contribution in [2.75, 3.05) is 11.9 Å². The fourth-order valence-electron chi connectivity index (χ4n) is 4.31. The maximum absolute atomic E-state index is 13.1. The molecule has 4 rings (SSSR count). The topological polar surface area (TPSA) is 93.5 Å². The van der Waals surface area contributed by atoms with E-state index in [1.54, 1.807) is 4.63 Å². The highest BCUT2D eigenvalue weighted by molar-refractivity contribution is 5.94. The second-order valence-corrected chi connectivity index (χ2v) is 11.2. The largest absolute Gasteiger partial charge is 0.494 e. The van der Waals surface area contributed by atoms with Crippen molar-refractivity contribution in [2.45, 2.75) is 85.2 Å². The maximum atomic E-state index is 13.1. The summed E-state index contributed by atoms with van der Waals surface area (Å²) in [6.45, 7) is 13.2. The molecule has 0 saturated heterocycles. The maximum Gasteiger partial charge on any atom is 0.265 e. The zero-order valence-electron chi connectivity index (χ0n) is 24.0. The van der Waals surface area contributed by atoms with Gasteiger partial charge in [-0.3, -0.25) is 9.89 Å². The van der Waals surface area contributed by atoms with Gasteiger partial charge in [-0.05, 0) is 69.0 Å². The van der Waals surface area contributed by atoms with Gasteiger partial charge >= 0.3 is 0 Å². The summed E-state index contributed by atoms with van der Waals surface area (Å²) in [6.07, 6.45) is 3.55. The lowest BCUT2D eigenvalue weighted by molar-refractivity contribution is -0.123. The molecule has 4 aromatic rings. The number of amides is 1. The Kier molecular flexibility index (Phi) is 8.94. The van der Waals surface area contributed by atoms with Crippen molar-refractivity contribution in [3.05, 3.63) is 71.2 Å². The molecule has 2 aromatic carbocycles. The molecule has 208 valence electrons. The number of unbranched alkanes of at least 4 members (excludes halogenated alkanes) is 1. The molecule has 0 fully saturated rings. The summed E-state index contributed by atoms with van der Waals surface area (Å²) in [7, 11) is 0.